The van der Waals surface area contributed by atoms with Gasteiger partial charge in [0.25, 0.3) is 0 Å². The highest BCUT2D eigenvalue weighted by Gasteiger charge is 2.22. The van der Waals surface area contributed by atoms with Gasteiger partial charge in [-0.3, -0.25) is 0 Å². The van der Waals surface area contributed by atoms with Gasteiger partial charge in [0.15, 0.2) is 0 Å². The second-order valence-corrected chi connectivity index (χ2v) is 6.29. The molecule has 1 unspecified atom stereocenters. The predicted molar refractivity (Wildman–Crippen MR) is 75.2 cm³/mol. The third-order valence-corrected chi connectivity index (χ3v) is 4.25. The van der Waals surface area contributed by atoms with Gasteiger partial charge >= 0.3 is 0 Å². The average Bonchev–Trinajstić information content (AvgIpc) is 2.32. The molecule has 1 nitrogen and oxygen atoms in total. The van der Waals surface area contributed by atoms with Gasteiger partial charge in [-0.05, 0) is 38.0 Å². The molecule has 1 atom stereocenters. The summed E-state index contributed by atoms with van der Waals surface area (Å²) in [6, 6.07) is 1.51. The van der Waals surface area contributed by atoms with Gasteiger partial charge in [-0.2, -0.15) is 0 Å². The molecule has 0 radical (unpaired) electrons. The Balaban J connectivity index is 1.91. The van der Waals surface area contributed by atoms with E-state index in [1.807, 2.05) is 0 Å². The highest BCUT2D eigenvalue weighted by atomic mass is 15.0. The van der Waals surface area contributed by atoms with Gasteiger partial charge in [0, 0.05) is 12.1 Å². The first kappa shape index (κ1) is 13.1. The molecule has 0 aromatic rings. The molecule has 0 aromatic heterocycles. The lowest BCUT2D eigenvalue weighted by Crippen LogP contribution is -2.41. The third kappa shape index (κ3) is 4.13. The topological polar surface area (TPSA) is 12.0 Å². The summed E-state index contributed by atoms with van der Waals surface area (Å²) >= 11 is 0. The van der Waals surface area contributed by atoms with Crippen LogP contribution in [0.5, 0.6) is 0 Å². The van der Waals surface area contributed by atoms with Gasteiger partial charge in [0.05, 0.1) is 0 Å². The number of hydrogen-bond donors (Lipinski definition) is 1. The fourth-order valence-corrected chi connectivity index (χ4v) is 3.41. The number of allylic oxidation sites excluding steroid dienone is 1. The second-order valence-electron chi connectivity index (χ2n) is 6.29. The summed E-state index contributed by atoms with van der Waals surface area (Å²) in [6.07, 6.45) is 15.2. The predicted octanol–water partition coefficient (Wildman–Crippen LogP) is 4.43. The van der Waals surface area contributed by atoms with Crippen LogP contribution in [0.25, 0.3) is 0 Å². The molecule has 1 heteroatoms. The van der Waals surface area contributed by atoms with E-state index in [0.717, 1.165) is 6.04 Å². The van der Waals surface area contributed by atoms with Crippen molar-refractivity contribution in [2.24, 2.45) is 5.92 Å². The van der Waals surface area contributed by atoms with Crippen molar-refractivity contribution in [3.8, 4) is 0 Å². The van der Waals surface area contributed by atoms with E-state index >= 15 is 0 Å². The summed E-state index contributed by atoms with van der Waals surface area (Å²) in [4.78, 5) is 0. The van der Waals surface area contributed by atoms with Crippen molar-refractivity contribution in [2.75, 3.05) is 0 Å². The molecule has 0 bridgehead atoms. The monoisotopic (exact) mass is 235 g/mol. The zero-order valence-electron chi connectivity index (χ0n) is 11.7. The fourth-order valence-electron chi connectivity index (χ4n) is 3.41. The fraction of sp³-hybridized carbons (Fsp3) is 0.875. The number of rotatable bonds is 3. The normalized spacial score (nSPS) is 30.1. The number of hydrogen-bond acceptors (Lipinski definition) is 1. The summed E-state index contributed by atoms with van der Waals surface area (Å²) in [5.74, 6) is 0.707. The van der Waals surface area contributed by atoms with Gasteiger partial charge in [-0.1, -0.05) is 51.2 Å². The molecule has 0 aliphatic heterocycles. The van der Waals surface area contributed by atoms with E-state index in [-0.39, 0.29) is 0 Å². The maximum Gasteiger partial charge on any atom is 0.0282 e. The van der Waals surface area contributed by atoms with Gasteiger partial charge in [-0.15, -0.1) is 0 Å². The molecule has 2 rings (SSSR count). The van der Waals surface area contributed by atoms with Gasteiger partial charge < -0.3 is 5.32 Å². The maximum absolute atomic E-state index is 3.94. The molecule has 2 aliphatic rings. The SMILES string of the molecule is CC(C)C=C1CCCCC1NC1CCCCC1. The highest BCUT2D eigenvalue weighted by molar-refractivity contribution is 5.14. The zero-order chi connectivity index (χ0) is 12.1. The lowest BCUT2D eigenvalue weighted by atomic mass is 9.86. The van der Waals surface area contributed by atoms with Crippen molar-refractivity contribution in [3.63, 3.8) is 0 Å². The van der Waals surface area contributed by atoms with Crippen molar-refractivity contribution in [2.45, 2.75) is 83.7 Å². The highest BCUT2D eigenvalue weighted by Crippen LogP contribution is 2.27. The minimum absolute atomic E-state index is 0.703. The van der Waals surface area contributed by atoms with Crippen LogP contribution in [-0.2, 0) is 0 Å². The van der Waals surface area contributed by atoms with E-state index in [9.17, 15) is 0 Å². The first-order valence-corrected chi connectivity index (χ1v) is 7.72. The van der Waals surface area contributed by atoms with Crippen LogP contribution in [-0.4, -0.2) is 12.1 Å². The van der Waals surface area contributed by atoms with Crippen molar-refractivity contribution in [3.05, 3.63) is 11.6 Å². The Morgan fingerprint density at radius 2 is 1.71 bits per heavy atom. The first-order valence-electron chi connectivity index (χ1n) is 7.72. The van der Waals surface area contributed by atoms with Crippen LogP contribution in [0.4, 0.5) is 0 Å². The van der Waals surface area contributed by atoms with Crippen LogP contribution < -0.4 is 5.32 Å². The van der Waals surface area contributed by atoms with Crippen LogP contribution in [0.3, 0.4) is 0 Å². The minimum Gasteiger partial charge on any atom is -0.308 e. The average molecular weight is 235 g/mol. The van der Waals surface area contributed by atoms with Crippen molar-refractivity contribution >= 4 is 0 Å². The Morgan fingerprint density at radius 1 is 1.00 bits per heavy atom. The molecule has 0 saturated heterocycles. The van der Waals surface area contributed by atoms with Crippen LogP contribution in [0.1, 0.15) is 71.6 Å². The quantitative estimate of drug-likeness (QED) is 0.713. The Labute approximate surface area is 107 Å². The van der Waals surface area contributed by atoms with E-state index in [4.69, 9.17) is 0 Å². The molecule has 2 aliphatic carbocycles. The molecule has 2 fully saturated rings. The summed E-state index contributed by atoms with van der Waals surface area (Å²) in [7, 11) is 0. The maximum atomic E-state index is 3.94. The molecule has 0 heterocycles. The third-order valence-electron chi connectivity index (χ3n) is 4.25. The van der Waals surface area contributed by atoms with E-state index in [1.54, 1.807) is 5.57 Å². The van der Waals surface area contributed by atoms with Crippen molar-refractivity contribution in [1.82, 2.24) is 5.32 Å². The smallest absolute Gasteiger partial charge is 0.0282 e. The van der Waals surface area contributed by atoms with Crippen LogP contribution >= 0.6 is 0 Å². The molecule has 0 aromatic carbocycles. The Bertz CT molecular complexity index is 248. The largest absolute Gasteiger partial charge is 0.308 e. The van der Waals surface area contributed by atoms with E-state index in [1.165, 1.54) is 57.8 Å². The lowest BCUT2D eigenvalue weighted by molar-refractivity contribution is 0.326. The van der Waals surface area contributed by atoms with Crippen LogP contribution in [0, 0.1) is 5.92 Å². The minimum atomic E-state index is 0.703. The Morgan fingerprint density at radius 3 is 2.41 bits per heavy atom. The molecule has 0 amide bonds. The molecule has 0 spiro atoms. The first-order chi connectivity index (χ1) is 8.25. The summed E-state index contributed by atoms with van der Waals surface area (Å²) in [6.45, 7) is 4.61. The second kappa shape index (κ2) is 6.58. The molecule has 2 saturated carbocycles. The molecule has 17 heavy (non-hydrogen) atoms. The summed E-state index contributed by atoms with van der Waals surface area (Å²) < 4.78 is 0. The van der Waals surface area contributed by atoms with Gasteiger partial charge in [-0.25, -0.2) is 0 Å². The zero-order valence-corrected chi connectivity index (χ0v) is 11.7. The number of nitrogens with one attached hydrogen (secondary N) is 1. The van der Waals surface area contributed by atoms with E-state index in [2.05, 4.69) is 25.2 Å². The van der Waals surface area contributed by atoms with Gasteiger partial charge in [0.1, 0.15) is 0 Å². The standard InChI is InChI=1S/C16H29N/c1-13(2)12-14-8-6-7-11-16(14)17-15-9-4-3-5-10-15/h12-13,15-17H,3-11H2,1-2H3. The lowest BCUT2D eigenvalue weighted by Gasteiger charge is -2.33. The van der Waals surface area contributed by atoms with Crippen LogP contribution in [0.15, 0.2) is 11.6 Å². The molecule has 98 valence electrons. The van der Waals surface area contributed by atoms with E-state index < -0.39 is 0 Å². The van der Waals surface area contributed by atoms with Crippen LogP contribution in [0.2, 0.25) is 0 Å². The van der Waals surface area contributed by atoms with Crippen molar-refractivity contribution in [1.29, 1.82) is 0 Å². The summed E-state index contributed by atoms with van der Waals surface area (Å²) in [5.41, 5.74) is 1.71. The Hall–Kier alpha value is -0.300. The molecule has 1 N–H and O–H groups in total. The summed E-state index contributed by atoms with van der Waals surface area (Å²) in [5, 5.41) is 3.94. The van der Waals surface area contributed by atoms with Gasteiger partial charge in [0.2, 0.25) is 0 Å². The van der Waals surface area contributed by atoms with Crippen molar-refractivity contribution < 1.29 is 0 Å². The Kier molecular flexibility index (Phi) is 5.09. The molecular weight excluding hydrogens is 206 g/mol. The van der Waals surface area contributed by atoms with E-state index in [0.29, 0.717) is 12.0 Å². The molecular formula is C16H29N.